The summed E-state index contributed by atoms with van der Waals surface area (Å²) in [6, 6.07) is 20.1. The summed E-state index contributed by atoms with van der Waals surface area (Å²) in [5.41, 5.74) is 2.62. The van der Waals surface area contributed by atoms with Crippen LogP contribution >= 0.6 is 0 Å². The molecule has 2 amide bonds. The second-order valence-electron chi connectivity index (χ2n) is 8.09. The second-order valence-corrected chi connectivity index (χ2v) is 9.77. The summed E-state index contributed by atoms with van der Waals surface area (Å²) < 4.78 is 33.0. The topological polar surface area (TPSA) is 105 Å². The van der Waals surface area contributed by atoms with Crippen LogP contribution < -0.4 is 19.7 Å². The molecule has 1 atom stereocenters. The number of rotatable bonds is 7. The van der Waals surface area contributed by atoms with Crippen LogP contribution in [0, 0.1) is 12.8 Å². The van der Waals surface area contributed by atoms with Gasteiger partial charge in [0, 0.05) is 36.1 Å². The Morgan fingerprint density at radius 3 is 2.35 bits per heavy atom. The lowest BCUT2D eigenvalue weighted by molar-refractivity contribution is -0.122. The first-order chi connectivity index (χ1) is 16.2. The lowest BCUT2D eigenvalue weighted by Crippen LogP contribution is -2.28. The molecule has 0 saturated carbocycles. The van der Waals surface area contributed by atoms with Crippen LogP contribution in [0.2, 0.25) is 0 Å². The Morgan fingerprint density at radius 2 is 1.68 bits per heavy atom. The molecule has 2 N–H and O–H groups in total. The third kappa shape index (κ3) is 5.20. The fourth-order valence-corrected chi connectivity index (χ4v) is 4.77. The van der Waals surface area contributed by atoms with Gasteiger partial charge in [-0.15, -0.1) is 0 Å². The van der Waals surface area contributed by atoms with Crippen molar-refractivity contribution < 1.29 is 22.7 Å². The van der Waals surface area contributed by atoms with Gasteiger partial charge in [0.1, 0.15) is 5.75 Å². The first-order valence-corrected chi connectivity index (χ1v) is 12.2. The van der Waals surface area contributed by atoms with Gasteiger partial charge in [-0.2, -0.15) is 0 Å². The molecule has 0 radical (unpaired) electrons. The van der Waals surface area contributed by atoms with Gasteiger partial charge < -0.3 is 15.0 Å². The number of methoxy groups -OCH3 is 1. The zero-order valence-corrected chi connectivity index (χ0v) is 19.6. The summed E-state index contributed by atoms with van der Waals surface area (Å²) >= 11 is 0. The van der Waals surface area contributed by atoms with E-state index in [-0.39, 0.29) is 29.7 Å². The predicted molar refractivity (Wildman–Crippen MR) is 131 cm³/mol. The van der Waals surface area contributed by atoms with Gasteiger partial charge in [-0.1, -0.05) is 23.8 Å². The third-order valence-electron chi connectivity index (χ3n) is 5.60. The van der Waals surface area contributed by atoms with E-state index in [1.807, 2.05) is 19.1 Å². The lowest BCUT2D eigenvalue weighted by atomic mass is 10.1. The number of amides is 2. The number of benzene rings is 3. The monoisotopic (exact) mass is 479 g/mol. The van der Waals surface area contributed by atoms with Crippen molar-refractivity contribution in [3.05, 3.63) is 78.4 Å². The summed E-state index contributed by atoms with van der Waals surface area (Å²) in [6.07, 6.45) is 0.0932. The van der Waals surface area contributed by atoms with Crippen LogP contribution in [0.15, 0.2) is 77.7 Å². The van der Waals surface area contributed by atoms with Gasteiger partial charge in [0.2, 0.25) is 11.8 Å². The summed E-state index contributed by atoms with van der Waals surface area (Å²) in [7, 11) is -2.21. The van der Waals surface area contributed by atoms with E-state index in [1.54, 1.807) is 48.4 Å². The molecular formula is C25H25N3O5S. The van der Waals surface area contributed by atoms with E-state index < -0.39 is 15.9 Å². The van der Waals surface area contributed by atoms with Crippen LogP contribution in [0.4, 0.5) is 17.1 Å². The number of aryl methyl sites for hydroxylation is 1. The summed E-state index contributed by atoms with van der Waals surface area (Å²) in [4.78, 5) is 26.9. The normalized spacial score (nSPS) is 15.8. The van der Waals surface area contributed by atoms with Crippen molar-refractivity contribution in [2.24, 2.45) is 5.92 Å². The van der Waals surface area contributed by atoms with Crippen molar-refractivity contribution in [3.8, 4) is 5.75 Å². The van der Waals surface area contributed by atoms with Crippen molar-refractivity contribution in [2.75, 3.05) is 28.6 Å². The van der Waals surface area contributed by atoms with Gasteiger partial charge in [-0.3, -0.25) is 14.3 Å². The Hall–Kier alpha value is -3.85. The van der Waals surface area contributed by atoms with E-state index in [9.17, 15) is 18.0 Å². The SMILES string of the molecule is COc1cccc(N2C[C@@H](C(=O)Nc3ccc(S(=O)(=O)Nc4ccc(C)cc4)cc3)CC2=O)c1. The summed E-state index contributed by atoms with van der Waals surface area (Å²) in [6.45, 7) is 2.17. The van der Waals surface area contributed by atoms with Crippen molar-refractivity contribution in [1.29, 1.82) is 0 Å². The number of carbonyl (C=O) groups excluding carboxylic acids is 2. The molecule has 1 aliphatic rings. The van der Waals surface area contributed by atoms with Crippen LogP contribution in [-0.4, -0.2) is 33.9 Å². The minimum atomic E-state index is -3.76. The molecule has 9 heteroatoms. The van der Waals surface area contributed by atoms with Gasteiger partial charge in [-0.05, 0) is 55.5 Å². The average molecular weight is 480 g/mol. The molecule has 1 fully saturated rings. The average Bonchev–Trinajstić information content (AvgIpc) is 3.22. The van der Waals surface area contributed by atoms with Crippen LogP contribution in [0.5, 0.6) is 5.75 Å². The highest BCUT2D eigenvalue weighted by atomic mass is 32.2. The number of anilines is 3. The van der Waals surface area contributed by atoms with E-state index >= 15 is 0 Å². The maximum Gasteiger partial charge on any atom is 0.261 e. The first-order valence-electron chi connectivity index (χ1n) is 10.7. The van der Waals surface area contributed by atoms with E-state index in [0.29, 0.717) is 22.8 Å². The van der Waals surface area contributed by atoms with Crippen LogP contribution in [0.3, 0.4) is 0 Å². The molecular weight excluding hydrogens is 454 g/mol. The van der Waals surface area contributed by atoms with E-state index in [4.69, 9.17) is 4.74 Å². The third-order valence-corrected chi connectivity index (χ3v) is 6.99. The molecule has 0 spiro atoms. The van der Waals surface area contributed by atoms with E-state index in [2.05, 4.69) is 10.0 Å². The smallest absolute Gasteiger partial charge is 0.261 e. The molecule has 0 bridgehead atoms. The van der Waals surface area contributed by atoms with E-state index in [0.717, 1.165) is 5.56 Å². The second kappa shape index (κ2) is 9.56. The Bertz CT molecular complexity index is 1310. The standard InChI is InChI=1S/C25H25N3O5S/c1-17-6-8-20(9-7-17)27-34(31,32)23-12-10-19(11-13-23)26-25(30)18-14-24(29)28(16-18)21-4-3-5-22(15-21)33-2/h3-13,15,18,27H,14,16H2,1-2H3,(H,26,30)/t18-/m0/s1. The van der Waals surface area contributed by atoms with Gasteiger partial charge in [-0.25, -0.2) is 8.42 Å². The zero-order chi connectivity index (χ0) is 24.3. The van der Waals surface area contributed by atoms with Gasteiger partial charge in [0.25, 0.3) is 10.0 Å². The number of carbonyl (C=O) groups is 2. The molecule has 0 aliphatic carbocycles. The van der Waals surface area contributed by atoms with Gasteiger partial charge >= 0.3 is 0 Å². The lowest BCUT2D eigenvalue weighted by Gasteiger charge is -2.17. The number of nitrogens with zero attached hydrogens (tertiary/aromatic N) is 1. The largest absolute Gasteiger partial charge is 0.497 e. The van der Waals surface area contributed by atoms with E-state index in [1.165, 1.54) is 24.3 Å². The quantitative estimate of drug-likeness (QED) is 0.536. The molecule has 0 unspecified atom stereocenters. The molecule has 4 rings (SSSR count). The molecule has 3 aromatic rings. The maximum absolute atomic E-state index is 12.8. The molecule has 8 nitrogen and oxygen atoms in total. The van der Waals surface area contributed by atoms with Crippen LogP contribution in [0.1, 0.15) is 12.0 Å². The Labute approximate surface area is 198 Å². The molecule has 0 aromatic heterocycles. The van der Waals surface area contributed by atoms with Crippen LogP contribution in [0.25, 0.3) is 0 Å². The minimum absolute atomic E-state index is 0.0753. The fraction of sp³-hybridized carbons (Fsp3) is 0.200. The highest BCUT2D eigenvalue weighted by Crippen LogP contribution is 2.29. The molecule has 1 heterocycles. The number of sulfonamides is 1. The number of ether oxygens (including phenoxy) is 1. The Morgan fingerprint density at radius 1 is 1.00 bits per heavy atom. The molecule has 1 saturated heterocycles. The van der Waals surface area contributed by atoms with Crippen molar-refractivity contribution in [3.63, 3.8) is 0 Å². The highest BCUT2D eigenvalue weighted by Gasteiger charge is 2.35. The Kier molecular flexibility index (Phi) is 6.56. The zero-order valence-electron chi connectivity index (χ0n) is 18.8. The predicted octanol–water partition coefficient (Wildman–Crippen LogP) is 3.80. The fourth-order valence-electron chi connectivity index (χ4n) is 3.71. The molecule has 34 heavy (non-hydrogen) atoms. The molecule has 176 valence electrons. The summed E-state index contributed by atoms with van der Waals surface area (Å²) in [5, 5.41) is 2.78. The number of hydrogen-bond acceptors (Lipinski definition) is 5. The minimum Gasteiger partial charge on any atom is -0.497 e. The van der Waals surface area contributed by atoms with Crippen LogP contribution in [-0.2, 0) is 19.6 Å². The molecule has 3 aromatic carbocycles. The van der Waals surface area contributed by atoms with Gasteiger partial charge in [0.15, 0.2) is 0 Å². The number of hydrogen-bond donors (Lipinski definition) is 2. The summed E-state index contributed by atoms with van der Waals surface area (Å²) in [5.74, 6) is -0.334. The van der Waals surface area contributed by atoms with Crippen molar-refractivity contribution >= 4 is 38.9 Å². The van der Waals surface area contributed by atoms with Crippen molar-refractivity contribution in [1.82, 2.24) is 0 Å². The van der Waals surface area contributed by atoms with Gasteiger partial charge in [0.05, 0.1) is 17.9 Å². The van der Waals surface area contributed by atoms with Crippen molar-refractivity contribution in [2.45, 2.75) is 18.2 Å². The maximum atomic E-state index is 12.8. The Balaban J connectivity index is 1.40. The molecule has 1 aliphatic heterocycles. The first kappa shape index (κ1) is 23.3. The highest BCUT2D eigenvalue weighted by molar-refractivity contribution is 7.92. The number of nitrogens with one attached hydrogen (secondary N) is 2.